The molecule has 0 fully saturated rings. The third-order valence-corrected chi connectivity index (χ3v) is 6.52. The molecule has 1 heterocycles. The highest BCUT2D eigenvalue weighted by atomic mass is 32.1. The maximum atomic E-state index is 12.6. The number of esters is 1. The quantitative estimate of drug-likeness (QED) is 0.785. The molecule has 1 aromatic heterocycles. The molecule has 0 saturated carbocycles. The van der Waals surface area contributed by atoms with Gasteiger partial charge >= 0.3 is 5.97 Å². The van der Waals surface area contributed by atoms with Crippen LogP contribution in [-0.4, -0.2) is 25.5 Å². The molecular weight excluding hydrogens is 322 g/mol. The second-order valence-corrected chi connectivity index (χ2v) is 7.77. The largest absolute Gasteiger partial charge is 0.469 e. The minimum Gasteiger partial charge on any atom is -0.469 e. The van der Waals surface area contributed by atoms with Crippen molar-refractivity contribution < 1.29 is 14.3 Å². The molecule has 0 aliphatic heterocycles. The van der Waals surface area contributed by atoms with E-state index in [-0.39, 0.29) is 11.9 Å². The van der Waals surface area contributed by atoms with E-state index in [1.54, 1.807) is 11.3 Å². The number of carbonyl (C=O) groups excluding carboxylic acids is 2. The van der Waals surface area contributed by atoms with Gasteiger partial charge in [-0.3, -0.25) is 9.59 Å². The molecule has 1 aliphatic carbocycles. The van der Waals surface area contributed by atoms with Crippen LogP contribution in [0.15, 0.2) is 6.07 Å². The molecule has 0 spiro atoms. The van der Waals surface area contributed by atoms with Crippen molar-refractivity contribution in [2.24, 2.45) is 5.41 Å². The van der Waals surface area contributed by atoms with Crippen LogP contribution in [0.4, 0.5) is 0 Å². The Morgan fingerprint density at radius 1 is 1.17 bits per heavy atom. The summed E-state index contributed by atoms with van der Waals surface area (Å²) in [6.07, 6.45) is 8.46. The molecule has 134 valence electrons. The number of carbonyl (C=O) groups is 2. The van der Waals surface area contributed by atoms with Crippen molar-refractivity contribution in [1.82, 2.24) is 5.32 Å². The van der Waals surface area contributed by atoms with E-state index in [2.05, 4.69) is 11.4 Å². The fourth-order valence-electron chi connectivity index (χ4n) is 3.37. The van der Waals surface area contributed by atoms with Gasteiger partial charge in [-0.1, -0.05) is 26.7 Å². The van der Waals surface area contributed by atoms with Crippen LogP contribution in [0.2, 0.25) is 0 Å². The summed E-state index contributed by atoms with van der Waals surface area (Å²) in [7, 11) is 1.41. The maximum absolute atomic E-state index is 12.6. The first kappa shape index (κ1) is 19.0. The maximum Gasteiger partial charge on any atom is 0.313 e. The lowest BCUT2D eigenvalue weighted by molar-refractivity contribution is -0.152. The van der Waals surface area contributed by atoms with E-state index in [9.17, 15) is 9.59 Å². The second kappa shape index (κ2) is 8.65. The summed E-state index contributed by atoms with van der Waals surface area (Å²) in [5, 5.41) is 2.97. The first-order chi connectivity index (χ1) is 11.6. The van der Waals surface area contributed by atoms with Gasteiger partial charge in [-0.05, 0) is 50.2 Å². The minimum atomic E-state index is -0.629. The summed E-state index contributed by atoms with van der Waals surface area (Å²) in [6.45, 7) is 4.25. The smallest absolute Gasteiger partial charge is 0.313 e. The van der Waals surface area contributed by atoms with Gasteiger partial charge in [-0.15, -0.1) is 11.3 Å². The van der Waals surface area contributed by atoms with Crippen molar-refractivity contribution in [2.45, 2.75) is 65.2 Å². The standard InChI is InChI=1S/C19H29NO3S/c1-4-19(5-2,18(22)23-3)13-20-17(21)16-12-14-10-8-6-7-9-11-15(14)24-16/h12H,4-11,13H2,1-3H3,(H,20,21). The van der Waals surface area contributed by atoms with Crippen molar-refractivity contribution in [3.63, 3.8) is 0 Å². The molecule has 0 atom stereocenters. The van der Waals surface area contributed by atoms with E-state index >= 15 is 0 Å². The van der Waals surface area contributed by atoms with Gasteiger partial charge in [0.05, 0.1) is 17.4 Å². The first-order valence-corrected chi connectivity index (χ1v) is 9.86. The third-order valence-electron chi connectivity index (χ3n) is 5.28. The SMILES string of the molecule is CCC(CC)(CNC(=O)c1cc2c(s1)CCCCCC2)C(=O)OC. The molecule has 5 heteroatoms. The van der Waals surface area contributed by atoms with Crippen molar-refractivity contribution in [2.75, 3.05) is 13.7 Å². The molecule has 24 heavy (non-hydrogen) atoms. The van der Waals surface area contributed by atoms with Gasteiger partial charge in [0, 0.05) is 11.4 Å². The Kier molecular flexibility index (Phi) is 6.84. The van der Waals surface area contributed by atoms with Crippen molar-refractivity contribution in [1.29, 1.82) is 0 Å². The predicted molar refractivity (Wildman–Crippen MR) is 97.6 cm³/mol. The monoisotopic (exact) mass is 351 g/mol. The number of fused-ring (bicyclic) bond motifs is 1. The van der Waals surface area contributed by atoms with E-state index in [0.29, 0.717) is 19.4 Å². The highest BCUT2D eigenvalue weighted by Crippen LogP contribution is 2.30. The number of ether oxygens (including phenoxy) is 1. The topological polar surface area (TPSA) is 55.4 Å². The molecule has 0 saturated heterocycles. The van der Waals surface area contributed by atoms with Gasteiger partial charge in [0.1, 0.15) is 0 Å². The first-order valence-electron chi connectivity index (χ1n) is 9.04. The summed E-state index contributed by atoms with van der Waals surface area (Å²) in [5.74, 6) is -0.312. The van der Waals surface area contributed by atoms with E-state index < -0.39 is 5.41 Å². The highest BCUT2D eigenvalue weighted by molar-refractivity contribution is 7.14. The van der Waals surface area contributed by atoms with Crippen LogP contribution in [0, 0.1) is 5.41 Å². The van der Waals surface area contributed by atoms with E-state index in [1.165, 1.54) is 43.2 Å². The predicted octanol–water partition coefficient (Wildman–Crippen LogP) is 4.12. The lowest BCUT2D eigenvalue weighted by Crippen LogP contribution is -2.43. The van der Waals surface area contributed by atoms with Crippen LogP contribution in [0.1, 0.15) is 72.5 Å². The highest BCUT2D eigenvalue weighted by Gasteiger charge is 2.36. The van der Waals surface area contributed by atoms with Crippen molar-refractivity contribution in [3.05, 3.63) is 21.4 Å². The van der Waals surface area contributed by atoms with Crippen LogP contribution < -0.4 is 5.32 Å². The molecule has 1 aliphatic rings. The van der Waals surface area contributed by atoms with Crippen molar-refractivity contribution >= 4 is 23.2 Å². The Hall–Kier alpha value is -1.36. The molecule has 2 rings (SSSR count). The summed E-state index contributed by atoms with van der Waals surface area (Å²) in [5.41, 5.74) is 0.714. The summed E-state index contributed by atoms with van der Waals surface area (Å²) in [4.78, 5) is 26.8. The van der Waals surface area contributed by atoms with Crippen LogP contribution in [0.5, 0.6) is 0 Å². The average molecular weight is 352 g/mol. The zero-order chi connectivity index (χ0) is 17.6. The number of aryl methyl sites for hydroxylation is 2. The Labute approximate surface area is 149 Å². The van der Waals surface area contributed by atoms with E-state index in [0.717, 1.165) is 17.7 Å². The number of methoxy groups -OCH3 is 1. The van der Waals surface area contributed by atoms with Crippen molar-refractivity contribution in [3.8, 4) is 0 Å². The number of hydrogen-bond acceptors (Lipinski definition) is 4. The van der Waals surface area contributed by atoms with Gasteiger partial charge in [-0.2, -0.15) is 0 Å². The zero-order valence-corrected chi connectivity index (χ0v) is 15.9. The van der Waals surface area contributed by atoms with Gasteiger partial charge in [0.15, 0.2) is 0 Å². The summed E-state index contributed by atoms with van der Waals surface area (Å²) in [6, 6.07) is 2.05. The zero-order valence-electron chi connectivity index (χ0n) is 15.1. The molecule has 0 aromatic carbocycles. The van der Waals surface area contributed by atoms with Crippen LogP contribution in [-0.2, 0) is 22.4 Å². The van der Waals surface area contributed by atoms with Gasteiger partial charge < -0.3 is 10.1 Å². The third kappa shape index (κ3) is 4.18. The summed E-state index contributed by atoms with van der Waals surface area (Å²) < 4.78 is 4.94. The molecule has 1 amide bonds. The molecule has 0 bridgehead atoms. The Bertz CT molecular complexity index is 550. The number of nitrogens with one attached hydrogen (secondary N) is 1. The average Bonchev–Trinajstić information content (AvgIpc) is 2.97. The normalized spacial score (nSPS) is 15.1. The fourth-order valence-corrected chi connectivity index (χ4v) is 4.54. The minimum absolute atomic E-state index is 0.0677. The molecular formula is C19H29NO3S. The number of hydrogen-bond donors (Lipinski definition) is 1. The van der Waals surface area contributed by atoms with Gasteiger partial charge in [0.25, 0.3) is 5.91 Å². The Balaban J connectivity index is 2.06. The lowest BCUT2D eigenvalue weighted by Gasteiger charge is -2.28. The molecule has 1 N–H and O–H groups in total. The summed E-state index contributed by atoms with van der Waals surface area (Å²) >= 11 is 1.62. The molecule has 0 radical (unpaired) electrons. The molecule has 1 aromatic rings. The lowest BCUT2D eigenvalue weighted by atomic mass is 9.82. The van der Waals surface area contributed by atoms with Crippen LogP contribution in [0.3, 0.4) is 0 Å². The van der Waals surface area contributed by atoms with Crippen LogP contribution in [0.25, 0.3) is 0 Å². The number of rotatable bonds is 6. The van der Waals surface area contributed by atoms with E-state index in [4.69, 9.17) is 4.74 Å². The number of amides is 1. The second-order valence-electron chi connectivity index (χ2n) is 6.63. The Morgan fingerprint density at radius 2 is 1.83 bits per heavy atom. The van der Waals surface area contributed by atoms with Crippen LogP contribution >= 0.6 is 11.3 Å². The van der Waals surface area contributed by atoms with E-state index in [1.807, 2.05) is 13.8 Å². The fraction of sp³-hybridized carbons (Fsp3) is 0.684. The van der Waals surface area contributed by atoms with Gasteiger partial charge in [-0.25, -0.2) is 0 Å². The Morgan fingerprint density at radius 3 is 2.46 bits per heavy atom. The molecule has 0 unspecified atom stereocenters. The van der Waals surface area contributed by atoms with Gasteiger partial charge in [0.2, 0.25) is 0 Å². The number of thiophene rings is 1. The molecule has 4 nitrogen and oxygen atoms in total.